The van der Waals surface area contributed by atoms with Gasteiger partial charge in [-0.15, -0.1) is 11.3 Å². The normalized spacial score (nSPS) is 13.3. The summed E-state index contributed by atoms with van der Waals surface area (Å²) in [5.74, 6) is 1.23. The number of rotatable bonds is 7. The van der Waals surface area contributed by atoms with Crippen molar-refractivity contribution in [3.63, 3.8) is 0 Å². The van der Waals surface area contributed by atoms with Gasteiger partial charge in [0.05, 0.1) is 5.01 Å². The summed E-state index contributed by atoms with van der Waals surface area (Å²) in [7, 11) is 0. The second kappa shape index (κ2) is 6.99. The molecule has 0 fully saturated rings. The van der Waals surface area contributed by atoms with Crippen molar-refractivity contribution in [1.29, 1.82) is 0 Å². The SMILES string of the molecule is Cc1csc(CCNCC(CN)C(C)C)n1. The van der Waals surface area contributed by atoms with Gasteiger partial charge in [0.15, 0.2) is 0 Å². The molecular weight excluding hydrogens is 218 g/mol. The Hall–Kier alpha value is -0.450. The predicted octanol–water partition coefficient (Wildman–Crippen LogP) is 1.81. The molecule has 0 aliphatic carbocycles. The molecule has 1 rings (SSSR count). The minimum Gasteiger partial charge on any atom is -0.330 e. The van der Waals surface area contributed by atoms with E-state index >= 15 is 0 Å². The molecule has 1 unspecified atom stereocenters. The van der Waals surface area contributed by atoms with E-state index in [1.165, 1.54) is 5.01 Å². The van der Waals surface area contributed by atoms with Gasteiger partial charge < -0.3 is 11.1 Å². The van der Waals surface area contributed by atoms with Crippen LogP contribution in [0, 0.1) is 18.8 Å². The molecule has 0 saturated heterocycles. The second-order valence-corrected chi connectivity index (χ2v) is 5.52. The summed E-state index contributed by atoms with van der Waals surface area (Å²) in [6, 6.07) is 0. The van der Waals surface area contributed by atoms with Gasteiger partial charge >= 0.3 is 0 Å². The molecule has 1 atom stereocenters. The summed E-state index contributed by atoms with van der Waals surface area (Å²) < 4.78 is 0. The molecule has 16 heavy (non-hydrogen) atoms. The average molecular weight is 241 g/mol. The van der Waals surface area contributed by atoms with Crippen LogP contribution < -0.4 is 11.1 Å². The summed E-state index contributed by atoms with van der Waals surface area (Å²) in [5, 5.41) is 6.79. The van der Waals surface area contributed by atoms with Gasteiger partial charge in [0.25, 0.3) is 0 Å². The molecule has 1 heterocycles. The lowest BCUT2D eigenvalue weighted by Crippen LogP contribution is -2.32. The van der Waals surface area contributed by atoms with Crippen molar-refractivity contribution in [3.8, 4) is 0 Å². The fourth-order valence-corrected chi connectivity index (χ4v) is 2.37. The van der Waals surface area contributed by atoms with Crippen LogP contribution in [0.1, 0.15) is 24.5 Å². The lowest BCUT2D eigenvalue weighted by Gasteiger charge is -2.18. The summed E-state index contributed by atoms with van der Waals surface area (Å²) in [5.41, 5.74) is 6.85. The Morgan fingerprint density at radius 2 is 2.25 bits per heavy atom. The number of nitrogens with two attached hydrogens (primary N) is 1. The van der Waals surface area contributed by atoms with Crippen LogP contribution in [-0.2, 0) is 6.42 Å². The first kappa shape index (κ1) is 13.6. The number of aromatic nitrogens is 1. The standard InChI is InChI=1S/C12H23N3S/c1-9(2)11(6-13)7-14-5-4-12-15-10(3)8-16-12/h8-9,11,14H,4-7,13H2,1-3H3. The maximum atomic E-state index is 5.72. The van der Waals surface area contributed by atoms with Crippen molar-refractivity contribution >= 4 is 11.3 Å². The van der Waals surface area contributed by atoms with Crippen molar-refractivity contribution in [1.82, 2.24) is 10.3 Å². The zero-order valence-electron chi connectivity index (χ0n) is 10.5. The third-order valence-electron chi connectivity index (χ3n) is 2.83. The molecule has 1 aromatic rings. The highest BCUT2D eigenvalue weighted by Crippen LogP contribution is 2.09. The van der Waals surface area contributed by atoms with Gasteiger partial charge in [-0.1, -0.05) is 13.8 Å². The molecule has 0 aliphatic rings. The van der Waals surface area contributed by atoms with E-state index in [4.69, 9.17) is 5.73 Å². The topological polar surface area (TPSA) is 50.9 Å². The predicted molar refractivity (Wildman–Crippen MR) is 70.8 cm³/mol. The van der Waals surface area contributed by atoms with Crippen molar-refractivity contribution in [3.05, 3.63) is 16.1 Å². The number of hydrogen-bond acceptors (Lipinski definition) is 4. The first-order valence-corrected chi connectivity index (χ1v) is 6.83. The van der Waals surface area contributed by atoms with Crippen LogP contribution in [0.4, 0.5) is 0 Å². The average Bonchev–Trinajstić information content (AvgIpc) is 2.64. The number of nitrogens with zero attached hydrogens (tertiary/aromatic N) is 1. The van der Waals surface area contributed by atoms with E-state index in [2.05, 4.69) is 29.5 Å². The van der Waals surface area contributed by atoms with E-state index in [9.17, 15) is 0 Å². The molecule has 3 N–H and O–H groups in total. The third kappa shape index (κ3) is 4.60. The van der Waals surface area contributed by atoms with Gasteiger partial charge in [-0.25, -0.2) is 4.98 Å². The molecule has 0 aliphatic heterocycles. The van der Waals surface area contributed by atoms with Crippen molar-refractivity contribution < 1.29 is 0 Å². The van der Waals surface area contributed by atoms with Crippen LogP contribution in [-0.4, -0.2) is 24.6 Å². The highest BCUT2D eigenvalue weighted by atomic mass is 32.1. The summed E-state index contributed by atoms with van der Waals surface area (Å²) >= 11 is 1.74. The number of nitrogens with one attached hydrogen (secondary N) is 1. The first-order valence-electron chi connectivity index (χ1n) is 5.95. The minimum absolute atomic E-state index is 0.582. The van der Waals surface area contributed by atoms with Crippen LogP contribution >= 0.6 is 11.3 Å². The fourth-order valence-electron chi connectivity index (χ4n) is 1.59. The maximum absolute atomic E-state index is 5.72. The van der Waals surface area contributed by atoms with E-state index in [-0.39, 0.29) is 0 Å². The monoisotopic (exact) mass is 241 g/mol. The summed E-state index contributed by atoms with van der Waals surface area (Å²) in [6.07, 6.45) is 1.02. The highest BCUT2D eigenvalue weighted by Gasteiger charge is 2.10. The first-order chi connectivity index (χ1) is 7.63. The maximum Gasteiger partial charge on any atom is 0.0940 e. The number of hydrogen-bond donors (Lipinski definition) is 2. The van der Waals surface area contributed by atoms with Gasteiger partial charge in [0.1, 0.15) is 0 Å². The van der Waals surface area contributed by atoms with Crippen LogP contribution in [0.5, 0.6) is 0 Å². The van der Waals surface area contributed by atoms with Crippen LogP contribution in [0.3, 0.4) is 0 Å². The third-order valence-corrected chi connectivity index (χ3v) is 3.86. The molecule has 1 aromatic heterocycles. The number of thiazole rings is 1. The second-order valence-electron chi connectivity index (χ2n) is 4.58. The Morgan fingerprint density at radius 3 is 2.75 bits per heavy atom. The molecule has 0 aromatic carbocycles. The Balaban J connectivity index is 2.16. The Kier molecular flexibility index (Phi) is 5.95. The van der Waals surface area contributed by atoms with Crippen LogP contribution in [0.2, 0.25) is 0 Å². The van der Waals surface area contributed by atoms with Crippen molar-refractivity contribution in [2.75, 3.05) is 19.6 Å². The number of aryl methyl sites for hydroxylation is 1. The molecule has 0 amide bonds. The molecule has 3 nitrogen and oxygen atoms in total. The van der Waals surface area contributed by atoms with E-state index < -0.39 is 0 Å². The fraction of sp³-hybridized carbons (Fsp3) is 0.750. The Labute approximate surface area is 102 Å². The van der Waals surface area contributed by atoms with Crippen LogP contribution in [0.25, 0.3) is 0 Å². The van der Waals surface area contributed by atoms with Crippen molar-refractivity contribution in [2.45, 2.75) is 27.2 Å². The zero-order valence-corrected chi connectivity index (χ0v) is 11.3. The quantitative estimate of drug-likeness (QED) is 0.716. The Bertz CT molecular complexity index is 296. The van der Waals surface area contributed by atoms with Gasteiger partial charge in [-0.2, -0.15) is 0 Å². The molecule has 92 valence electrons. The van der Waals surface area contributed by atoms with Gasteiger partial charge in [-0.3, -0.25) is 0 Å². The molecule has 0 radical (unpaired) electrons. The summed E-state index contributed by atoms with van der Waals surface area (Å²) in [4.78, 5) is 4.44. The lowest BCUT2D eigenvalue weighted by atomic mass is 9.96. The van der Waals surface area contributed by atoms with E-state index in [0.717, 1.165) is 31.7 Å². The largest absolute Gasteiger partial charge is 0.330 e. The zero-order chi connectivity index (χ0) is 12.0. The lowest BCUT2D eigenvalue weighted by molar-refractivity contribution is 0.372. The van der Waals surface area contributed by atoms with E-state index in [0.29, 0.717) is 11.8 Å². The molecule has 0 spiro atoms. The Morgan fingerprint density at radius 1 is 1.50 bits per heavy atom. The molecule has 0 bridgehead atoms. The molecule has 0 saturated carbocycles. The molecular formula is C12H23N3S. The summed E-state index contributed by atoms with van der Waals surface area (Å²) in [6.45, 7) is 9.26. The molecule has 4 heteroatoms. The van der Waals surface area contributed by atoms with Gasteiger partial charge in [0.2, 0.25) is 0 Å². The van der Waals surface area contributed by atoms with E-state index in [1.807, 2.05) is 6.92 Å². The minimum atomic E-state index is 0.582. The highest BCUT2D eigenvalue weighted by molar-refractivity contribution is 7.09. The smallest absolute Gasteiger partial charge is 0.0940 e. The van der Waals surface area contributed by atoms with E-state index in [1.54, 1.807) is 11.3 Å². The van der Waals surface area contributed by atoms with Gasteiger partial charge in [-0.05, 0) is 31.8 Å². The van der Waals surface area contributed by atoms with Crippen molar-refractivity contribution in [2.24, 2.45) is 17.6 Å². The van der Waals surface area contributed by atoms with Crippen LogP contribution in [0.15, 0.2) is 5.38 Å². The van der Waals surface area contributed by atoms with Gasteiger partial charge in [0, 0.05) is 24.0 Å².